The van der Waals surface area contributed by atoms with Gasteiger partial charge in [-0.15, -0.1) is 0 Å². The number of aromatic hydroxyl groups is 3. The van der Waals surface area contributed by atoms with E-state index in [9.17, 15) is 4.79 Å². The van der Waals surface area contributed by atoms with Crippen LogP contribution in [-0.4, -0.2) is 26.4 Å². The maximum atomic E-state index is 10.4. The summed E-state index contributed by atoms with van der Waals surface area (Å²) in [5, 5.41) is 34.9. The zero-order valence-corrected chi connectivity index (χ0v) is 14.7. The number of aryl methyl sites for hydroxylation is 1. The summed E-state index contributed by atoms with van der Waals surface area (Å²) in [6.07, 6.45) is 0. The molecule has 0 heterocycles. The number of carboxylic acids is 1. The lowest BCUT2D eigenvalue weighted by Gasteiger charge is -1.98. The van der Waals surface area contributed by atoms with Gasteiger partial charge in [0, 0.05) is 11.4 Å². The highest BCUT2D eigenvalue weighted by atomic mass is 16.4. The van der Waals surface area contributed by atoms with Gasteiger partial charge in [0.2, 0.25) is 0 Å². The number of nitrogens with two attached hydrogens (primary N) is 2. The molecular weight excluding hydrogens is 348 g/mol. The van der Waals surface area contributed by atoms with Crippen molar-refractivity contribution in [1.29, 1.82) is 0 Å². The van der Waals surface area contributed by atoms with Crippen LogP contribution in [0.25, 0.3) is 0 Å². The smallest absolute Gasteiger partial charge is 0.339 e. The second-order valence-electron chi connectivity index (χ2n) is 5.51. The molecular formula is C20H22N2O5. The Morgan fingerprint density at radius 2 is 1.19 bits per heavy atom. The summed E-state index contributed by atoms with van der Waals surface area (Å²) in [7, 11) is 0. The number of phenolic OH excluding ortho intramolecular Hbond substituents is 2. The van der Waals surface area contributed by atoms with Gasteiger partial charge in [-0.1, -0.05) is 17.7 Å². The number of carboxylic acid groups (broad SMARTS) is 1. The average molecular weight is 370 g/mol. The lowest BCUT2D eigenvalue weighted by Crippen LogP contribution is -1.97. The van der Waals surface area contributed by atoms with Crippen LogP contribution in [0.15, 0.2) is 66.7 Å². The van der Waals surface area contributed by atoms with Gasteiger partial charge < -0.3 is 31.9 Å². The van der Waals surface area contributed by atoms with Crippen LogP contribution in [0.1, 0.15) is 15.9 Å². The van der Waals surface area contributed by atoms with Crippen LogP contribution in [0.3, 0.4) is 0 Å². The zero-order chi connectivity index (χ0) is 20.4. The molecule has 8 N–H and O–H groups in total. The van der Waals surface area contributed by atoms with Gasteiger partial charge in [0.15, 0.2) is 0 Å². The number of phenols is 3. The summed E-state index contributed by atoms with van der Waals surface area (Å²) in [5.41, 5.74) is 12.6. The summed E-state index contributed by atoms with van der Waals surface area (Å²) in [6, 6.07) is 17.4. The Morgan fingerprint density at radius 1 is 0.741 bits per heavy atom. The molecule has 27 heavy (non-hydrogen) atoms. The number of benzene rings is 3. The number of rotatable bonds is 1. The highest BCUT2D eigenvalue weighted by molar-refractivity contribution is 5.91. The van der Waals surface area contributed by atoms with E-state index in [0.29, 0.717) is 17.1 Å². The van der Waals surface area contributed by atoms with Crippen molar-refractivity contribution in [3.63, 3.8) is 0 Å². The van der Waals surface area contributed by atoms with Crippen molar-refractivity contribution < 1.29 is 25.2 Å². The normalized spacial score (nSPS) is 9.22. The first-order valence-corrected chi connectivity index (χ1v) is 7.81. The molecule has 0 aliphatic carbocycles. The Kier molecular flexibility index (Phi) is 8.00. The second-order valence-corrected chi connectivity index (χ2v) is 5.51. The topological polar surface area (TPSA) is 150 Å². The fourth-order valence-electron chi connectivity index (χ4n) is 1.74. The molecule has 7 nitrogen and oxygen atoms in total. The van der Waals surface area contributed by atoms with Crippen LogP contribution in [-0.2, 0) is 0 Å². The fourth-order valence-corrected chi connectivity index (χ4v) is 1.74. The zero-order valence-electron chi connectivity index (χ0n) is 14.7. The number of hydrogen-bond donors (Lipinski definition) is 6. The summed E-state index contributed by atoms with van der Waals surface area (Å²) in [6.45, 7) is 1.99. The predicted octanol–water partition coefficient (Wildman–Crippen LogP) is 3.35. The molecule has 0 amide bonds. The Bertz CT molecular complexity index is 777. The maximum absolute atomic E-state index is 10.4. The SMILES string of the molecule is Cc1ccc(O)cc1.Nc1ccc(O)c(C(=O)O)c1.Nc1ccc(O)cc1. The van der Waals surface area contributed by atoms with Crippen molar-refractivity contribution in [2.45, 2.75) is 6.92 Å². The lowest BCUT2D eigenvalue weighted by atomic mass is 10.2. The molecule has 0 saturated heterocycles. The third-order valence-corrected chi connectivity index (χ3v) is 3.18. The van der Waals surface area contributed by atoms with Crippen molar-refractivity contribution in [3.05, 3.63) is 77.9 Å². The van der Waals surface area contributed by atoms with Crippen LogP contribution in [0, 0.1) is 6.92 Å². The first-order chi connectivity index (χ1) is 12.7. The van der Waals surface area contributed by atoms with Crippen molar-refractivity contribution in [3.8, 4) is 17.2 Å². The minimum absolute atomic E-state index is 0.176. The number of aromatic carboxylic acids is 1. The summed E-state index contributed by atoms with van der Waals surface area (Å²) >= 11 is 0. The van der Waals surface area contributed by atoms with Gasteiger partial charge in [0.25, 0.3) is 0 Å². The molecule has 0 radical (unpaired) electrons. The van der Waals surface area contributed by atoms with E-state index >= 15 is 0 Å². The molecule has 0 fully saturated rings. The largest absolute Gasteiger partial charge is 0.508 e. The van der Waals surface area contributed by atoms with E-state index in [1.165, 1.54) is 23.8 Å². The van der Waals surface area contributed by atoms with Gasteiger partial charge in [0.05, 0.1) is 0 Å². The first-order valence-electron chi connectivity index (χ1n) is 7.81. The molecule has 3 aromatic rings. The highest BCUT2D eigenvalue weighted by Gasteiger charge is 2.08. The van der Waals surface area contributed by atoms with Crippen LogP contribution >= 0.6 is 0 Å². The molecule has 0 spiro atoms. The van der Waals surface area contributed by atoms with E-state index in [0.717, 1.165) is 0 Å². The average Bonchev–Trinajstić information content (AvgIpc) is 2.63. The van der Waals surface area contributed by atoms with Gasteiger partial charge >= 0.3 is 5.97 Å². The van der Waals surface area contributed by atoms with Crippen LogP contribution in [0.4, 0.5) is 11.4 Å². The van der Waals surface area contributed by atoms with Gasteiger partial charge in [-0.3, -0.25) is 0 Å². The molecule has 3 aromatic carbocycles. The van der Waals surface area contributed by atoms with Crippen LogP contribution in [0.2, 0.25) is 0 Å². The van der Waals surface area contributed by atoms with Crippen molar-refractivity contribution in [2.24, 2.45) is 0 Å². The summed E-state index contributed by atoms with van der Waals surface area (Å²) in [5.74, 6) is -0.878. The highest BCUT2D eigenvalue weighted by Crippen LogP contribution is 2.19. The summed E-state index contributed by atoms with van der Waals surface area (Å²) in [4.78, 5) is 10.4. The molecule has 0 aliphatic rings. The number of anilines is 2. The van der Waals surface area contributed by atoms with E-state index < -0.39 is 5.97 Å². The first kappa shape index (κ1) is 21.2. The van der Waals surface area contributed by atoms with Gasteiger partial charge in [-0.25, -0.2) is 4.79 Å². The van der Waals surface area contributed by atoms with Crippen LogP contribution < -0.4 is 11.5 Å². The molecule has 7 heteroatoms. The van der Waals surface area contributed by atoms with E-state index in [1.807, 2.05) is 19.1 Å². The summed E-state index contributed by atoms with van der Waals surface area (Å²) < 4.78 is 0. The third-order valence-electron chi connectivity index (χ3n) is 3.18. The number of nitrogen functional groups attached to an aromatic ring is 2. The molecule has 142 valence electrons. The Balaban J connectivity index is 0.000000206. The minimum Gasteiger partial charge on any atom is -0.508 e. The van der Waals surface area contributed by atoms with Gasteiger partial charge in [-0.2, -0.15) is 0 Å². The Labute approximate surface area is 156 Å². The molecule has 3 rings (SSSR count). The van der Waals surface area contributed by atoms with E-state index in [-0.39, 0.29) is 17.1 Å². The Hall–Kier alpha value is -3.87. The molecule has 0 atom stereocenters. The minimum atomic E-state index is -1.19. The molecule has 0 saturated carbocycles. The number of carbonyl (C=O) groups is 1. The monoisotopic (exact) mass is 370 g/mol. The van der Waals surface area contributed by atoms with Gasteiger partial charge in [0.1, 0.15) is 22.8 Å². The van der Waals surface area contributed by atoms with E-state index in [4.69, 9.17) is 31.9 Å². The lowest BCUT2D eigenvalue weighted by molar-refractivity contribution is 0.0694. The number of hydrogen-bond acceptors (Lipinski definition) is 6. The molecule has 0 unspecified atom stereocenters. The molecule has 0 aromatic heterocycles. The van der Waals surface area contributed by atoms with Gasteiger partial charge in [-0.05, 0) is 61.5 Å². The van der Waals surface area contributed by atoms with E-state index in [2.05, 4.69) is 0 Å². The van der Waals surface area contributed by atoms with E-state index in [1.54, 1.807) is 36.4 Å². The maximum Gasteiger partial charge on any atom is 0.339 e. The quantitative estimate of drug-likeness (QED) is 0.284. The predicted molar refractivity (Wildman–Crippen MR) is 105 cm³/mol. The second kappa shape index (κ2) is 10.2. The Morgan fingerprint density at radius 3 is 1.56 bits per heavy atom. The van der Waals surface area contributed by atoms with Crippen molar-refractivity contribution in [1.82, 2.24) is 0 Å². The van der Waals surface area contributed by atoms with Crippen LogP contribution in [0.5, 0.6) is 17.2 Å². The molecule has 0 bridgehead atoms. The fraction of sp³-hybridized carbons (Fsp3) is 0.0500. The standard InChI is InChI=1S/C7H7NO3.C7H8O.C6H7NO/c8-4-1-2-6(9)5(3-4)7(10)11;1-6-2-4-7(8)5-3-6;7-5-1-3-6(8)4-2-5/h1-3,9H,8H2,(H,10,11);2-5,8H,1H3;1-4,8H,7H2. The third kappa shape index (κ3) is 8.17. The van der Waals surface area contributed by atoms with Crippen molar-refractivity contribution >= 4 is 17.3 Å². The molecule has 0 aliphatic heterocycles. The van der Waals surface area contributed by atoms with Crippen molar-refractivity contribution in [2.75, 3.05) is 11.5 Å².